The fraction of sp³-hybridized carbons (Fsp3) is 0.659. The van der Waals surface area contributed by atoms with Crippen LogP contribution in [0.25, 0.3) is 33.3 Å². The van der Waals surface area contributed by atoms with Crippen LogP contribution in [0.1, 0.15) is 156 Å². The van der Waals surface area contributed by atoms with Gasteiger partial charge in [-0.2, -0.15) is 5.10 Å². The van der Waals surface area contributed by atoms with Crippen molar-refractivity contribution in [3.05, 3.63) is 90.1 Å². The molecule has 720 valence electrons. The number of cyclic esters (lactones) is 1. The topological polar surface area (TPSA) is 519 Å². The molecule has 39 heteroatoms. The summed E-state index contributed by atoms with van der Waals surface area (Å²) in [6, 6.07) is 4.48. The van der Waals surface area contributed by atoms with Gasteiger partial charge < -0.3 is 119 Å². The van der Waals surface area contributed by atoms with Gasteiger partial charge in [-0.3, -0.25) is 28.8 Å². The Labute approximate surface area is 758 Å². The first-order valence-corrected chi connectivity index (χ1v) is 45.4. The quantitative estimate of drug-likeness (QED) is 0.00943. The molecule has 7 heterocycles. The van der Waals surface area contributed by atoms with Crippen molar-refractivity contribution in [3.8, 4) is 17.1 Å². The molecule has 2 bridgehead atoms. The molecule has 2 saturated heterocycles. The molecule has 4 aliphatic rings. The van der Waals surface area contributed by atoms with Crippen molar-refractivity contribution in [2.45, 2.75) is 217 Å². The van der Waals surface area contributed by atoms with Crippen LogP contribution in [0.15, 0.2) is 84.4 Å². The van der Waals surface area contributed by atoms with Crippen molar-refractivity contribution in [3.63, 3.8) is 0 Å². The van der Waals surface area contributed by atoms with Crippen molar-refractivity contribution >= 4 is 74.9 Å². The van der Waals surface area contributed by atoms with Crippen LogP contribution in [0.4, 0.5) is 10.6 Å². The number of rotatable bonds is 44. The van der Waals surface area contributed by atoms with Gasteiger partial charge in [0.15, 0.2) is 11.4 Å². The standard InChI is InChI=1S/C91H136N14O25/c1-59-16-9-8-10-17-60(2)75(118-6)54-68-18-15-26-91(117,130-68)85(113)88(114)103-30-13-11-19-73(103)89(115)129-76(55-74(107)61(3)49-63(5)83(111)84(112)82(110)62(4)48-59)69(92)50-64-20-23-72(77(51-64)119-7)105-56-66(100-102-105)57-128-90(116)96-29-35-123-39-43-127-47-45-125-41-37-121-33-25-79(109)95-28-34-122-38-42-126-46-44-124-40-36-120-32-24-78(108)94-27-12-14-31-104-87-80(86(93)97-58-98-87)81(101-104)71-53-65-52-67(106)21-22-70(65)99-71/h8-10,16-17,21-22,49,52-53,56,58-59,61-62,64,68-69,72-73,75-77,83-84,99,106,111-112,117H,11-15,18-20,23-48,50-51,54-55,57,92H2,1-7H3,(H,94,108)(H,95,109)(H,96,116)(H2,93,97,98)/b10-8+,16-9+,60-17+,63-49+/t59-,61-,62-,64+,68+,69-,72+,73+,75+,76+,77-,83-,84+,91-/m1/s1. The summed E-state index contributed by atoms with van der Waals surface area (Å²) in [6.07, 6.45) is 12.7. The van der Waals surface area contributed by atoms with Crippen LogP contribution in [0.3, 0.4) is 0 Å². The summed E-state index contributed by atoms with van der Waals surface area (Å²) in [5.41, 5.74) is 17.5. The number of aromatic amines is 1. The monoisotopic (exact) mass is 1820 g/mol. The Morgan fingerprint density at radius 1 is 0.715 bits per heavy atom. The minimum absolute atomic E-state index is 0.00333. The number of anilines is 1. The lowest BCUT2D eigenvalue weighted by molar-refractivity contribution is -0.245. The minimum Gasteiger partial charge on any atom is -0.508 e. The van der Waals surface area contributed by atoms with Crippen LogP contribution in [-0.4, -0.2) is 313 Å². The number of aromatic hydroxyl groups is 1. The molecule has 12 N–H and O–H groups in total. The molecule has 4 aromatic heterocycles. The van der Waals surface area contributed by atoms with Gasteiger partial charge in [0.25, 0.3) is 11.7 Å². The number of piperidine rings is 1. The molecule has 9 rings (SSSR count). The fourth-order valence-corrected chi connectivity index (χ4v) is 16.3. The number of ether oxygens (including phenoxy) is 13. The average molecular weight is 1830 g/mol. The predicted octanol–water partition coefficient (Wildman–Crippen LogP) is 5.87. The maximum Gasteiger partial charge on any atom is 0.407 e. The third-order valence-corrected chi connectivity index (χ3v) is 23.5. The summed E-state index contributed by atoms with van der Waals surface area (Å²) in [4.78, 5) is 122. The molecule has 0 spiro atoms. The van der Waals surface area contributed by atoms with Gasteiger partial charge in [0.1, 0.15) is 66.0 Å². The lowest BCUT2D eigenvalue weighted by Crippen LogP contribution is -2.58. The average Bonchev–Trinajstić information content (AvgIpc) is 1.60. The number of aryl methyl sites for hydroxylation is 1. The summed E-state index contributed by atoms with van der Waals surface area (Å²) in [5, 5.41) is 67.5. The van der Waals surface area contributed by atoms with E-state index in [2.05, 4.69) is 41.2 Å². The van der Waals surface area contributed by atoms with Gasteiger partial charge in [-0.1, -0.05) is 62.4 Å². The number of aliphatic hydroxyl groups is 3. The van der Waals surface area contributed by atoms with Crippen LogP contribution in [-0.2, 0) is 108 Å². The molecule has 1 saturated carbocycles. The first-order valence-electron chi connectivity index (χ1n) is 45.4. The minimum atomic E-state index is -2.47. The number of carbonyl (C=O) groups excluding carboxylic acids is 8. The van der Waals surface area contributed by atoms with Crippen LogP contribution in [0.2, 0.25) is 0 Å². The number of aliphatic hydroxyl groups excluding tert-OH is 2. The normalized spacial score (nSPS) is 25.5. The van der Waals surface area contributed by atoms with Gasteiger partial charge >= 0.3 is 12.1 Å². The summed E-state index contributed by atoms with van der Waals surface area (Å²) in [7, 11) is 3.12. The molecule has 3 aliphatic heterocycles. The Morgan fingerprint density at radius 2 is 1.37 bits per heavy atom. The number of nitrogens with zero attached hydrogens (tertiary/aromatic N) is 8. The number of allylic oxidation sites excluding steroid dienone is 6. The van der Waals surface area contributed by atoms with Crippen LogP contribution >= 0.6 is 0 Å². The Hall–Kier alpha value is -9.43. The smallest absolute Gasteiger partial charge is 0.407 e. The van der Waals surface area contributed by atoms with E-state index in [0.717, 1.165) is 39.9 Å². The highest BCUT2D eigenvalue weighted by Crippen LogP contribution is 2.39. The molecule has 1 aromatic carbocycles. The number of hydrogen-bond acceptors (Lipinski definition) is 32. The first kappa shape index (κ1) is 104. The van der Waals surface area contributed by atoms with Gasteiger partial charge in [-0.25, -0.2) is 28.9 Å². The van der Waals surface area contributed by atoms with Crippen molar-refractivity contribution in [1.29, 1.82) is 0 Å². The molecular formula is C91H136N14O25. The van der Waals surface area contributed by atoms with Gasteiger partial charge in [-0.15, -0.1) is 5.10 Å². The number of nitrogens with two attached hydrogens (primary N) is 2. The SMILES string of the molecule is CO[C@H]1C[C@@H]2CCC[C@@](O)(O2)C(=O)C(=O)N2CCCC[C@H]2C(=O)O[C@H]([C@H](N)C[C@@H]2CC[C@H](n3cc(COC(=O)NCCOCCOCCOCCOCCC(=O)NCCOCCOCCOCCOCCC(=O)NCCCCn4nc(-c5cc6cc(O)ccc6[nH]5)c5c(N)ncnc54)nn3)[C@H](OC)C2)CC(=O)[C@H](C)/C=C(\C)[C@@H](O)[C@@H](O)C(=O)[C@H](C)C[C@H](C)/C=C/C=C/C=C/1C. The first-order chi connectivity index (χ1) is 62.7. The number of alkyl carbamates (subject to hydrolysis) is 1. The number of nitrogen functional groups attached to an aromatic ring is 1. The zero-order valence-electron chi connectivity index (χ0n) is 76.1. The van der Waals surface area contributed by atoms with Crippen molar-refractivity contribution in [1.82, 2.24) is 60.6 Å². The number of nitrogens with one attached hydrogen (secondary N) is 4. The van der Waals surface area contributed by atoms with E-state index < -0.39 is 108 Å². The number of benzene rings is 1. The predicted molar refractivity (Wildman–Crippen MR) is 476 cm³/mol. The van der Waals surface area contributed by atoms with Crippen LogP contribution in [0.5, 0.6) is 5.75 Å². The maximum atomic E-state index is 14.6. The molecule has 0 unspecified atom stereocenters. The third-order valence-electron chi connectivity index (χ3n) is 23.5. The molecular weight excluding hydrogens is 1690 g/mol. The molecule has 0 radical (unpaired) electrons. The van der Waals surface area contributed by atoms with E-state index in [9.17, 15) is 58.8 Å². The number of aromatic nitrogens is 8. The summed E-state index contributed by atoms with van der Waals surface area (Å²) < 4.78 is 77.5. The molecule has 5 aromatic rings. The van der Waals surface area contributed by atoms with Crippen LogP contribution in [0, 0.1) is 23.7 Å². The van der Waals surface area contributed by atoms with E-state index in [0.29, 0.717) is 179 Å². The number of methoxy groups -OCH3 is 2. The molecule has 1 aliphatic carbocycles. The number of hydrogen-bond donors (Lipinski definition) is 10. The number of H-pyrrole nitrogens is 1. The third kappa shape index (κ3) is 33.4. The van der Waals surface area contributed by atoms with E-state index in [1.807, 2.05) is 50.3 Å². The number of fused-ring (bicyclic) bond motifs is 5. The van der Waals surface area contributed by atoms with Gasteiger partial charge in [-0.05, 0) is 138 Å². The number of ketones is 3. The lowest BCUT2D eigenvalue weighted by Gasteiger charge is -2.40. The lowest BCUT2D eigenvalue weighted by atomic mass is 9.79. The fourth-order valence-electron chi connectivity index (χ4n) is 16.3. The highest BCUT2D eigenvalue weighted by Gasteiger charge is 2.50. The second-order valence-electron chi connectivity index (χ2n) is 33.6. The Balaban J connectivity index is 0.574. The number of phenols is 1. The summed E-state index contributed by atoms with van der Waals surface area (Å²) in [5.74, 6) is -8.20. The van der Waals surface area contributed by atoms with Crippen molar-refractivity contribution in [2.24, 2.45) is 29.4 Å². The highest BCUT2D eigenvalue weighted by molar-refractivity contribution is 6.39. The summed E-state index contributed by atoms with van der Waals surface area (Å²) in [6.45, 7) is 15.0. The highest BCUT2D eigenvalue weighted by atomic mass is 16.6. The molecule has 3 fully saturated rings. The number of esters is 1. The van der Waals surface area contributed by atoms with Gasteiger partial charge in [0, 0.05) is 108 Å². The molecule has 130 heavy (non-hydrogen) atoms. The largest absolute Gasteiger partial charge is 0.508 e. The van der Waals surface area contributed by atoms with E-state index in [4.69, 9.17) is 78.1 Å². The zero-order chi connectivity index (χ0) is 93.3. The Bertz CT molecular complexity index is 4520. The second-order valence-corrected chi connectivity index (χ2v) is 33.6. The number of Topliss-reactive ketones (excluding diaryl/α,β-unsaturated/α-hetero) is 3. The summed E-state index contributed by atoms with van der Waals surface area (Å²) >= 11 is 0. The number of phenolic OH excluding ortho intramolecular Hbond substituents is 1. The second kappa shape index (κ2) is 55.2. The van der Waals surface area contributed by atoms with E-state index >= 15 is 0 Å². The van der Waals surface area contributed by atoms with E-state index in [-0.39, 0.29) is 126 Å². The van der Waals surface area contributed by atoms with E-state index in [1.54, 1.807) is 61.8 Å². The van der Waals surface area contributed by atoms with Crippen LogP contribution < -0.4 is 27.4 Å². The zero-order valence-corrected chi connectivity index (χ0v) is 76.1. The molecule has 4 amide bonds. The van der Waals surface area contributed by atoms with E-state index in [1.165, 1.54) is 19.3 Å². The maximum absolute atomic E-state index is 14.6. The number of amides is 4. The van der Waals surface area contributed by atoms with Gasteiger partial charge in [0.05, 0.1) is 147 Å². The van der Waals surface area contributed by atoms with Crippen molar-refractivity contribution < 1.29 is 120 Å². The number of unbranched alkanes of at least 4 members (excludes halogenated alkanes) is 1. The Morgan fingerprint density at radius 3 is 2.04 bits per heavy atom. The molecule has 14 atom stereocenters. The Kier molecular flexibility index (Phi) is 44.2. The number of carbonyl (C=O) groups is 8. The van der Waals surface area contributed by atoms with Crippen molar-refractivity contribution in [2.75, 3.05) is 152 Å². The molecule has 39 nitrogen and oxygen atoms in total. The van der Waals surface area contributed by atoms with Gasteiger partial charge in [0.2, 0.25) is 17.6 Å².